The molecule has 1 N–H and O–H groups in total. The Labute approximate surface area is 112 Å². The summed E-state index contributed by atoms with van der Waals surface area (Å²) in [6.07, 6.45) is 5.29. The van der Waals surface area contributed by atoms with Gasteiger partial charge >= 0.3 is 0 Å². The molecular formula is C15H18N2S. The van der Waals surface area contributed by atoms with Gasteiger partial charge in [-0.1, -0.05) is 54.5 Å². The molecule has 1 aliphatic rings. The molecule has 0 unspecified atom stereocenters. The third-order valence-corrected chi connectivity index (χ3v) is 4.65. The minimum absolute atomic E-state index is 0.638. The van der Waals surface area contributed by atoms with Gasteiger partial charge in [0, 0.05) is 6.04 Å². The molecule has 3 rings (SSSR count). The summed E-state index contributed by atoms with van der Waals surface area (Å²) in [5.41, 5.74) is 2.40. The quantitative estimate of drug-likeness (QED) is 0.878. The van der Waals surface area contributed by atoms with Crippen LogP contribution in [0, 0.1) is 6.92 Å². The van der Waals surface area contributed by atoms with E-state index < -0.39 is 0 Å². The standard InChI is InChI=1S/C15H18N2S/c1-11-14(12-7-3-2-4-8-12)18-15(16-11)17-13-9-5-6-10-13/h2-4,7-8,13H,5-6,9-10H2,1H3,(H,16,17). The average Bonchev–Trinajstić information content (AvgIpc) is 3.01. The molecule has 2 aromatic rings. The molecule has 0 saturated heterocycles. The number of nitrogens with one attached hydrogen (secondary N) is 1. The first-order valence-corrected chi connectivity index (χ1v) is 7.44. The number of nitrogens with zero attached hydrogens (tertiary/aromatic N) is 1. The fourth-order valence-electron chi connectivity index (χ4n) is 2.56. The monoisotopic (exact) mass is 258 g/mol. The van der Waals surface area contributed by atoms with Crippen molar-refractivity contribution in [2.45, 2.75) is 38.6 Å². The zero-order valence-corrected chi connectivity index (χ0v) is 11.5. The lowest BCUT2D eigenvalue weighted by atomic mass is 10.2. The van der Waals surface area contributed by atoms with Gasteiger partial charge in [-0.2, -0.15) is 0 Å². The number of hydrogen-bond acceptors (Lipinski definition) is 3. The summed E-state index contributed by atoms with van der Waals surface area (Å²) in [6.45, 7) is 2.10. The van der Waals surface area contributed by atoms with Gasteiger partial charge in [-0.05, 0) is 25.3 Å². The Kier molecular flexibility index (Phi) is 3.33. The van der Waals surface area contributed by atoms with Gasteiger partial charge in [-0.25, -0.2) is 4.98 Å². The van der Waals surface area contributed by atoms with Gasteiger partial charge in [0.15, 0.2) is 5.13 Å². The first-order valence-electron chi connectivity index (χ1n) is 6.62. The maximum absolute atomic E-state index is 4.66. The van der Waals surface area contributed by atoms with E-state index in [4.69, 9.17) is 0 Å². The Morgan fingerprint density at radius 1 is 1.17 bits per heavy atom. The molecule has 94 valence electrons. The summed E-state index contributed by atoms with van der Waals surface area (Å²) in [5.74, 6) is 0. The van der Waals surface area contributed by atoms with E-state index in [-0.39, 0.29) is 0 Å². The van der Waals surface area contributed by atoms with E-state index >= 15 is 0 Å². The molecule has 1 aromatic carbocycles. The van der Waals surface area contributed by atoms with Crippen LogP contribution in [0.25, 0.3) is 10.4 Å². The third-order valence-electron chi connectivity index (χ3n) is 3.52. The molecular weight excluding hydrogens is 240 g/mol. The Hall–Kier alpha value is -1.35. The Morgan fingerprint density at radius 3 is 2.61 bits per heavy atom. The molecule has 2 nitrogen and oxygen atoms in total. The summed E-state index contributed by atoms with van der Waals surface area (Å²) in [7, 11) is 0. The number of benzene rings is 1. The predicted molar refractivity (Wildman–Crippen MR) is 78.2 cm³/mol. The molecule has 0 amide bonds. The van der Waals surface area contributed by atoms with Crippen LogP contribution in [0.15, 0.2) is 30.3 Å². The lowest BCUT2D eigenvalue weighted by Gasteiger charge is -2.09. The van der Waals surface area contributed by atoms with E-state index in [9.17, 15) is 0 Å². The molecule has 1 aromatic heterocycles. The number of hydrogen-bond donors (Lipinski definition) is 1. The summed E-state index contributed by atoms with van der Waals surface area (Å²) in [5, 5.41) is 4.66. The van der Waals surface area contributed by atoms with Crippen molar-refractivity contribution in [3.05, 3.63) is 36.0 Å². The summed E-state index contributed by atoms with van der Waals surface area (Å²) in [4.78, 5) is 5.95. The zero-order valence-electron chi connectivity index (χ0n) is 10.6. The van der Waals surface area contributed by atoms with Crippen LogP contribution in [0.4, 0.5) is 5.13 Å². The fourth-order valence-corrected chi connectivity index (χ4v) is 3.61. The Bertz CT molecular complexity index is 513. The minimum atomic E-state index is 0.638. The summed E-state index contributed by atoms with van der Waals surface area (Å²) in [6, 6.07) is 11.2. The molecule has 0 spiro atoms. The van der Waals surface area contributed by atoms with Crippen molar-refractivity contribution in [1.82, 2.24) is 4.98 Å². The highest BCUT2D eigenvalue weighted by atomic mass is 32.1. The van der Waals surface area contributed by atoms with Crippen LogP contribution in [0.5, 0.6) is 0 Å². The lowest BCUT2D eigenvalue weighted by Crippen LogP contribution is -2.13. The van der Waals surface area contributed by atoms with Crippen molar-refractivity contribution in [3.8, 4) is 10.4 Å². The van der Waals surface area contributed by atoms with E-state index in [0.717, 1.165) is 10.8 Å². The smallest absolute Gasteiger partial charge is 0.183 e. The van der Waals surface area contributed by atoms with Crippen LogP contribution >= 0.6 is 11.3 Å². The second kappa shape index (κ2) is 5.11. The van der Waals surface area contributed by atoms with Gasteiger partial charge in [0.25, 0.3) is 0 Å². The average molecular weight is 258 g/mol. The number of thiazole rings is 1. The van der Waals surface area contributed by atoms with Gasteiger partial charge in [-0.3, -0.25) is 0 Å². The fraction of sp³-hybridized carbons (Fsp3) is 0.400. The molecule has 1 fully saturated rings. The normalized spacial score (nSPS) is 16.1. The van der Waals surface area contributed by atoms with Gasteiger partial charge < -0.3 is 5.32 Å². The number of anilines is 1. The first-order chi connectivity index (χ1) is 8.83. The van der Waals surface area contributed by atoms with Gasteiger partial charge in [0.05, 0.1) is 10.6 Å². The second-order valence-corrected chi connectivity index (χ2v) is 5.92. The highest BCUT2D eigenvalue weighted by Crippen LogP contribution is 2.34. The van der Waals surface area contributed by atoms with Crippen LogP contribution in [-0.2, 0) is 0 Å². The molecule has 3 heteroatoms. The highest BCUT2D eigenvalue weighted by Gasteiger charge is 2.17. The van der Waals surface area contributed by atoms with Crippen molar-refractivity contribution in [2.75, 3.05) is 5.32 Å². The third kappa shape index (κ3) is 2.41. The van der Waals surface area contributed by atoms with Gasteiger partial charge in [0.2, 0.25) is 0 Å². The van der Waals surface area contributed by atoms with E-state index in [2.05, 4.69) is 47.6 Å². The zero-order chi connectivity index (χ0) is 12.4. The van der Waals surface area contributed by atoms with Crippen molar-refractivity contribution < 1.29 is 0 Å². The minimum Gasteiger partial charge on any atom is -0.359 e. The SMILES string of the molecule is Cc1nc(NC2CCCC2)sc1-c1ccccc1. The van der Waals surface area contributed by atoms with E-state index in [1.807, 2.05) is 0 Å². The molecule has 0 radical (unpaired) electrons. The Morgan fingerprint density at radius 2 is 1.89 bits per heavy atom. The molecule has 0 aliphatic heterocycles. The summed E-state index contributed by atoms with van der Waals surface area (Å²) >= 11 is 1.78. The van der Waals surface area contributed by atoms with Crippen LogP contribution in [0.2, 0.25) is 0 Å². The number of rotatable bonds is 3. The molecule has 0 atom stereocenters. The largest absolute Gasteiger partial charge is 0.359 e. The molecule has 0 bridgehead atoms. The lowest BCUT2D eigenvalue weighted by molar-refractivity contribution is 0.754. The van der Waals surface area contributed by atoms with Crippen LogP contribution in [-0.4, -0.2) is 11.0 Å². The topological polar surface area (TPSA) is 24.9 Å². The van der Waals surface area contributed by atoms with Gasteiger partial charge in [-0.15, -0.1) is 0 Å². The second-order valence-electron chi connectivity index (χ2n) is 4.93. The summed E-state index contributed by atoms with van der Waals surface area (Å²) < 4.78 is 0. The molecule has 1 heterocycles. The van der Waals surface area contributed by atoms with Crippen molar-refractivity contribution in [3.63, 3.8) is 0 Å². The van der Waals surface area contributed by atoms with Crippen molar-refractivity contribution in [1.29, 1.82) is 0 Å². The highest BCUT2D eigenvalue weighted by molar-refractivity contribution is 7.19. The van der Waals surface area contributed by atoms with E-state index in [1.165, 1.54) is 36.1 Å². The molecule has 1 saturated carbocycles. The Balaban J connectivity index is 1.82. The maximum Gasteiger partial charge on any atom is 0.183 e. The molecule has 18 heavy (non-hydrogen) atoms. The predicted octanol–water partition coefficient (Wildman–Crippen LogP) is 4.47. The number of aromatic nitrogens is 1. The van der Waals surface area contributed by atoms with E-state index in [0.29, 0.717) is 6.04 Å². The van der Waals surface area contributed by atoms with E-state index in [1.54, 1.807) is 11.3 Å². The van der Waals surface area contributed by atoms with Crippen LogP contribution < -0.4 is 5.32 Å². The van der Waals surface area contributed by atoms with Gasteiger partial charge in [0.1, 0.15) is 0 Å². The maximum atomic E-state index is 4.66. The first kappa shape index (κ1) is 11.7. The number of aryl methyl sites for hydroxylation is 1. The van der Waals surface area contributed by atoms with Crippen molar-refractivity contribution >= 4 is 16.5 Å². The van der Waals surface area contributed by atoms with Crippen LogP contribution in [0.1, 0.15) is 31.4 Å². The van der Waals surface area contributed by atoms with Crippen molar-refractivity contribution in [2.24, 2.45) is 0 Å². The molecule has 1 aliphatic carbocycles. The van der Waals surface area contributed by atoms with Crippen LogP contribution in [0.3, 0.4) is 0 Å².